The summed E-state index contributed by atoms with van der Waals surface area (Å²) in [5, 5.41) is 14.4. The Hall–Kier alpha value is -0.920. The molecule has 0 fully saturated rings. The normalized spacial score (nSPS) is 11.0. The van der Waals surface area contributed by atoms with Gasteiger partial charge in [-0.2, -0.15) is 5.10 Å². The molecule has 3 nitrogen and oxygen atoms in total. The van der Waals surface area contributed by atoms with E-state index in [0.29, 0.717) is 0 Å². The summed E-state index contributed by atoms with van der Waals surface area (Å²) in [4.78, 5) is 0. The summed E-state index contributed by atoms with van der Waals surface area (Å²) >= 11 is 0. The highest BCUT2D eigenvalue weighted by Crippen LogP contribution is 2.23. The SMILES string of the molecule is Cc1nn(P)c2cccc(CO)c12. The van der Waals surface area contributed by atoms with Crippen LogP contribution in [0.2, 0.25) is 0 Å². The van der Waals surface area contributed by atoms with Gasteiger partial charge >= 0.3 is 0 Å². The number of aromatic nitrogens is 2. The molecular weight excluding hydrogens is 183 g/mol. The van der Waals surface area contributed by atoms with Crippen LogP contribution >= 0.6 is 9.39 Å². The fourth-order valence-corrected chi connectivity index (χ4v) is 1.98. The summed E-state index contributed by atoms with van der Waals surface area (Å²) in [6.07, 6.45) is 0. The average Bonchev–Trinajstić information content (AvgIpc) is 2.43. The Labute approximate surface area is 78.6 Å². The highest BCUT2D eigenvalue weighted by Gasteiger charge is 2.07. The summed E-state index contributed by atoms with van der Waals surface area (Å²) in [6.45, 7) is 2.01. The number of hydrogen-bond acceptors (Lipinski definition) is 2. The molecule has 2 aromatic rings. The lowest BCUT2D eigenvalue weighted by Gasteiger charge is -1.98. The van der Waals surface area contributed by atoms with Crippen molar-refractivity contribution in [2.24, 2.45) is 0 Å². The van der Waals surface area contributed by atoms with Crippen LogP contribution in [0.4, 0.5) is 0 Å². The van der Waals surface area contributed by atoms with Crippen LogP contribution < -0.4 is 0 Å². The summed E-state index contributed by atoms with van der Waals surface area (Å²) < 4.78 is 1.75. The molecule has 0 amide bonds. The van der Waals surface area contributed by atoms with Gasteiger partial charge in [-0.1, -0.05) is 12.1 Å². The summed E-state index contributed by atoms with van der Waals surface area (Å²) in [6, 6.07) is 5.83. The first-order valence-electron chi connectivity index (χ1n) is 4.07. The van der Waals surface area contributed by atoms with E-state index < -0.39 is 0 Å². The Morgan fingerprint density at radius 3 is 3.00 bits per heavy atom. The number of aliphatic hydroxyl groups excluding tert-OH is 1. The lowest BCUT2D eigenvalue weighted by Crippen LogP contribution is -1.84. The number of aliphatic hydroxyl groups is 1. The molecule has 0 aliphatic carbocycles. The van der Waals surface area contributed by atoms with Gasteiger partial charge in [-0.3, -0.25) is 4.45 Å². The van der Waals surface area contributed by atoms with Gasteiger partial charge in [-0.15, -0.1) is 0 Å². The second kappa shape index (κ2) is 3.09. The molecule has 0 aliphatic rings. The number of hydrogen-bond donors (Lipinski definition) is 1. The standard InChI is InChI=1S/C9H11N2OP/c1-6-9-7(5-12)3-2-4-8(9)11(13)10-6/h2-4,12H,5,13H2,1H3. The second-order valence-electron chi connectivity index (χ2n) is 3.00. The Kier molecular flexibility index (Phi) is 2.06. The molecule has 1 atom stereocenters. The molecule has 1 unspecified atom stereocenters. The summed E-state index contributed by atoms with van der Waals surface area (Å²) in [5.41, 5.74) is 2.92. The van der Waals surface area contributed by atoms with Gasteiger partial charge in [0.25, 0.3) is 0 Å². The van der Waals surface area contributed by atoms with Crippen molar-refractivity contribution in [2.75, 3.05) is 0 Å². The van der Waals surface area contributed by atoms with Crippen molar-refractivity contribution < 1.29 is 5.11 Å². The van der Waals surface area contributed by atoms with Crippen LogP contribution in [-0.2, 0) is 6.61 Å². The lowest BCUT2D eigenvalue weighted by atomic mass is 10.1. The number of aryl methyl sites for hydroxylation is 1. The molecule has 1 aromatic heterocycles. The van der Waals surface area contributed by atoms with Crippen molar-refractivity contribution in [1.82, 2.24) is 9.55 Å². The zero-order valence-electron chi connectivity index (χ0n) is 7.36. The van der Waals surface area contributed by atoms with Crippen LogP contribution in [0.15, 0.2) is 18.2 Å². The van der Waals surface area contributed by atoms with E-state index in [1.165, 1.54) is 0 Å². The highest BCUT2D eigenvalue weighted by molar-refractivity contribution is 7.14. The zero-order chi connectivity index (χ0) is 9.42. The Morgan fingerprint density at radius 2 is 2.31 bits per heavy atom. The van der Waals surface area contributed by atoms with E-state index in [0.717, 1.165) is 22.2 Å². The van der Waals surface area contributed by atoms with Gasteiger partial charge < -0.3 is 5.11 Å². The molecule has 13 heavy (non-hydrogen) atoms. The highest BCUT2D eigenvalue weighted by atomic mass is 31.0. The third-order valence-electron chi connectivity index (χ3n) is 2.17. The number of nitrogens with zero attached hydrogens (tertiary/aromatic N) is 2. The van der Waals surface area contributed by atoms with Gasteiger partial charge in [0.1, 0.15) is 0 Å². The van der Waals surface area contributed by atoms with E-state index in [1.807, 2.05) is 25.1 Å². The minimum atomic E-state index is 0.0640. The first kappa shape index (κ1) is 8.67. The van der Waals surface area contributed by atoms with Crippen molar-refractivity contribution in [3.8, 4) is 0 Å². The van der Waals surface area contributed by atoms with Gasteiger partial charge in [0.05, 0.1) is 17.8 Å². The quantitative estimate of drug-likeness (QED) is 0.698. The number of benzene rings is 1. The van der Waals surface area contributed by atoms with Crippen molar-refractivity contribution in [3.05, 3.63) is 29.5 Å². The summed E-state index contributed by atoms with van der Waals surface area (Å²) in [7, 11) is 2.53. The van der Waals surface area contributed by atoms with Gasteiger partial charge in [-0.25, -0.2) is 0 Å². The molecule has 4 heteroatoms. The molecule has 68 valence electrons. The topological polar surface area (TPSA) is 38.0 Å². The van der Waals surface area contributed by atoms with Gasteiger partial charge in [-0.05, 0) is 27.9 Å². The van der Waals surface area contributed by atoms with Crippen LogP contribution in [0.3, 0.4) is 0 Å². The van der Waals surface area contributed by atoms with E-state index >= 15 is 0 Å². The maximum Gasteiger partial charge on any atom is 0.0723 e. The van der Waals surface area contributed by atoms with Crippen LogP contribution in [0.5, 0.6) is 0 Å². The Bertz CT molecular complexity index is 450. The molecular formula is C9H11N2OP. The Balaban J connectivity index is 2.88. The lowest BCUT2D eigenvalue weighted by molar-refractivity contribution is 0.283. The predicted molar refractivity (Wildman–Crippen MR) is 55.5 cm³/mol. The van der Waals surface area contributed by atoms with Crippen molar-refractivity contribution in [2.45, 2.75) is 13.5 Å². The molecule has 0 saturated carbocycles. The smallest absolute Gasteiger partial charge is 0.0723 e. The average molecular weight is 194 g/mol. The van der Waals surface area contributed by atoms with Crippen molar-refractivity contribution >= 4 is 20.3 Å². The second-order valence-corrected chi connectivity index (χ2v) is 3.49. The molecule has 1 N–H and O–H groups in total. The molecule has 0 bridgehead atoms. The minimum Gasteiger partial charge on any atom is -0.392 e. The van der Waals surface area contributed by atoms with E-state index in [2.05, 4.69) is 14.5 Å². The third kappa shape index (κ3) is 1.25. The zero-order valence-corrected chi connectivity index (χ0v) is 8.51. The predicted octanol–water partition coefficient (Wildman–Crippen LogP) is 1.48. The van der Waals surface area contributed by atoms with Crippen LogP contribution in [0.25, 0.3) is 10.9 Å². The molecule has 0 spiro atoms. The molecule has 1 aromatic carbocycles. The maximum absolute atomic E-state index is 9.13. The molecule has 0 aliphatic heterocycles. The largest absolute Gasteiger partial charge is 0.392 e. The Morgan fingerprint density at radius 1 is 1.54 bits per heavy atom. The van der Waals surface area contributed by atoms with Crippen molar-refractivity contribution in [3.63, 3.8) is 0 Å². The third-order valence-corrected chi connectivity index (χ3v) is 2.56. The van der Waals surface area contributed by atoms with E-state index in [4.69, 9.17) is 5.11 Å². The molecule has 0 saturated heterocycles. The number of rotatable bonds is 1. The summed E-state index contributed by atoms with van der Waals surface area (Å²) in [5.74, 6) is 0. The molecule has 0 radical (unpaired) electrons. The first-order valence-corrected chi connectivity index (χ1v) is 4.59. The fraction of sp³-hybridized carbons (Fsp3) is 0.222. The monoisotopic (exact) mass is 194 g/mol. The molecule has 1 heterocycles. The fourth-order valence-electron chi connectivity index (χ4n) is 1.59. The van der Waals surface area contributed by atoms with Crippen molar-refractivity contribution in [1.29, 1.82) is 0 Å². The van der Waals surface area contributed by atoms with Crippen LogP contribution in [0.1, 0.15) is 11.3 Å². The van der Waals surface area contributed by atoms with E-state index in [1.54, 1.807) is 4.45 Å². The minimum absolute atomic E-state index is 0.0640. The molecule has 2 rings (SSSR count). The first-order chi connectivity index (χ1) is 6.24. The van der Waals surface area contributed by atoms with Crippen LogP contribution in [0, 0.1) is 6.92 Å². The van der Waals surface area contributed by atoms with Gasteiger partial charge in [0.15, 0.2) is 0 Å². The maximum atomic E-state index is 9.13. The van der Waals surface area contributed by atoms with Crippen LogP contribution in [-0.4, -0.2) is 14.7 Å². The van der Waals surface area contributed by atoms with Gasteiger partial charge in [0, 0.05) is 5.39 Å². The van der Waals surface area contributed by atoms with E-state index in [9.17, 15) is 0 Å². The van der Waals surface area contributed by atoms with Gasteiger partial charge in [0.2, 0.25) is 0 Å². The van der Waals surface area contributed by atoms with E-state index in [-0.39, 0.29) is 6.61 Å². The number of fused-ring (bicyclic) bond motifs is 1.